The normalized spacial score (nSPS) is 11.7. The van der Waals surface area contributed by atoms with E-state index < -0.39 is 5.82 Å². The highest BCUT2D eigenvalue weighted by Gasteiger charge is 2.14. The molecule has 0 radical (unpaired) electrons. The molecular weight excluding hydrogens is 443 g/mol. The zero-order chi connectivity index (χ0) is 23.2. The van der Waals surface area contributed by atoms with E-state index in [0.29, 0.717) is 29.4 Å². The highest BCUT2D eigenvalue weighted by Crippen LogP contribution is 2.22. The van der Waals surface area contributed by atoms with E-state index >= 15 is 0 Å². The van der Waals surface area contributed by atoms with Crippen molar-refractivity contribution in [1.29, 1.82) is 0 Å². The molecule has 33 heavy (non-hydrogen) atoms. The Labute approximate surface area is 193 Å². The summed E-state index contributed by atoms with van der Waals surface area (Å²) in [4.78, 5) is 29.8. The highest BCUT2D eigenvalue weighted by atomic mass is 32.1. The Bertz CT molecular complexity index is 1220. The standard InChI is InChI=1S/C24H21FN4O3S/c1-15(26-21(30)12-13-22-28-23(29-32-22)20-3-2-14-33-20)16-6-10-19(11-7-16)27-24(31)17-4-8-18(25)9-5-17/h2-11,14-15H,12-13H2,1H3,(H,26,30)(H,27,31). The largest absolute Gasteiger partial charge is 0.350 e. The van der Waals surface area contributed by atoms with Crippen LogP contribution < -0.4 is 10.6 Å². The number of aromatic nitrogens is 2. The lowest BCUT2D eigenvalue weighted by Gasteiger charge is -2.15. The molecular formula is C24H21FN4O3S. The summed E-state index contributed by atoms with van der Waals surface area (Å²) < 4.78 is 18.2. The molecule has 4 aromatic rings. The van der Waals surface area contributed by atoms with Crippen molar-refractivity contribution < 1.29 is 18.5 Å². The fraction of sp³-hybridized carbons (Fsp3) is 0.167. The predicted molar refractivity (Wildman–Crippen MR) is 123 cm³/mol. The highest BCUT2D eigenvalue weighted by molar-refractivity contribution is 7.13. The molecule has 0 aliphatic rings. The summed E-state index contributed by atoms with van der Waals surface area (Å²) >= 11 is 1.52. The first-order chi connectivity index (χ1) is 16.0. The first-order valence-electron chi connectivity index (χ1n) is 10.3. The number of carbonyl (C=O) groups excluding carboxylic acids is 2. The van der Waals surface area contributed by atoms with E-state index in [1.54, 1.807) is 12.1 Å². The third-order valence-electron chi connectivity index (χ3n) is 4.93. The molecule has 2 amide bonds. The maximum absolute atomic E-state index is 13.0. The van der Waals surface area contributed by atoms with E-state index in [9.17, 15) is 14.0 Å². The number of rotatable bonds is 8. The van der Waals surface area contributed by atoms with Gasteiger partial charge in [-0.15, -0.1) is 11.3 Å². The first-order valence-corrected chi connectivity index (χ1v) is 11.2. The van der Waals surface area contributed by atoms with Crippen molar-refractivity contribution in [1.82, 2.24) is 15.5 Å². The summed E-state index contributed by atoms with van der Waals surface area (Å²) in [5.41, 5.74) is 1.86. The minimum absolute atomic E-state index is 0.132. The van der Waals surface area contributed by atoms with Crippen molar-refractivity contribution in [2.75, 3.05) is 5.32 Å². The van der Waals surface area contributed by atoms with Gasteiger partial charge >= 0.3 is 0 Å². The Hall–Kier alpha value is -3.85. The second kappa shape index (κ2) is 10.2. The topological polar surface area (TPSA) is 97.1 Å². The van der Waals surface area contributed by atoms with Gasteiger partial charge < -0.3 is 15.2 Å². The summed E-state index contributed by atoms with van der Waals surface area (Å²) in [6.07, 6.45) is 0.577. The predicted octanol–water partition coefficient (Wildman–Crippen LogP) is 5.00. The van der Waals surface area contributed by atoms with Gasteiger partial charge in [0.15, 0.2) is 0 Å². The van der Waals surface area contributed by atoms with Crippen LogP contribution in [-0.4, -0.2) is 22.0 Å². The molecule has 0 fully saturated rings. The summed E-state index contributed by atoms with van der Waals surface area (Å²) in [6.45, 7) is 1.88. The van der Waals surface area contributed by atoms with E-state index in [0.717, 1.165) is 10.4 Å². The fourth-order valence-electron chi connectivity index (χ4n) is 3.14. The molecule has 1 atom stereocenters. The number of amides is 2. The molecule has 0 spiro atoms. The molecule has 0 saturated heterocycles. The first kappa shape index (κ1) is 22.3. The molecule has 2 heterocycles. The molecule has 0 bridgehead atoms. The molecule has 0 aliphatic heterocycles. The number of carbonyl (C=O) groups is 2. The van der Waals surface area contributed by atoms with E-state index in [-0.39, 0.29) is 24.3 Å². The number of benzene rings is 2. The third kappa shape index (κ3) is 5.89. The molecule has 1 unspecified atom stereocenters. The van der Waals surface area contributed by atoms with Crippen LogP contribution in [0.4, 0.5) is 10.1 Å². The lowest BCUT2D eigenvalue weighted by Crippen LogP contribution is -2.26. The smallest absolute Gasteiger partial charge is 0.255 e. The van der Waals surface area contributed by atoms with E-state index in [1.807, 2.05) is 36.6 Å². The zero-order valence-corrected chi connectivity index (χ0v) is 18.6. The van der Waals surface area contributed by atoms with Crippen LogP contribution in [-0.2, 0) is 11.2 Å². The average Bonchev–Trinajstić information content (AvgIpc) is 3.51. The van der Waals surface area contributed by atoms with Gasteiger partial charge in [-0.3, -0.25) is 9.59 Å². The Balaban J connectivity index is 1.26. The van der Waals surface area contributed by atoms with Crippen LogP contribution in [0.15, 0.2) is 70.6 Å². The van der Waals surface area contributed by atoms with Gasteiger partial charge in [-0.25, -0.2) is 4.39 Å². The van der Waals surface area contributed by atoms with Gasteiger partial charge in [0.05, 0.1) is 10.9 Å². The summed E-state index contributed by atoms with van der Waals surface area (Å²) in [5.74, 6) is 0.0921. The van der Waals surface area contributed by atoms with Gasteiger partial charge in [-0.1, -0.05) is 23.4 Å². The van der Waals surface area contributed by atoms with Gasteiger partial charge in [0.2, 0.25) is 17.6 Å². The number of hydrogen-bond donors (Lipinski definition) is 2. The summed E-state index contributed by atoms with van der Waals surface area (Å²) in [5, 5.41) is 11.6. The third-order valence-corrected chi connectivity index (χ3v) is 5.79. The lowest BCUT2D eigenvalue weighted by molar-refractivity contribution is -0.121. The van der Waals surface area contributed by atoms with Crippen molar-refractivity contribution in [2.24, 2.45) is 0 Å². The maximum Gasteiger partial charge on any atom is 0.255 e. The van der Waals surface area contributed by atoms with Gasteiger partial charge in [0.1, 0.15) is 5.82 Å². The van der Waals surface area contributed by atoms with E-state index in [2.05, 4.69) is 20.8 Å². The molecule has 2 aromatic heterocycles. The summed E-state index contributed by atoms with van der Waals surface area (Å²) in [6, 6.07) is 16.1. The second-order valence-corrected chi connectivity index (χ2v) is 8.31. The maximum atomic E-state index is 13.0. The lowest BCUT2D eigenvalue weighted by atomic mass is 10.1. The number of nitrogens with one attached hydrogen (secondary N) is 2. The fourth-order valence-corrected chi connectivity index (χ4v) is 3.79. The summed E-state index contributed by atoms with van der Waals surface area (Å²) in [7, 11) is 0. The SMILES string of the molecule is CC(NC(=O)CCc1nc(-c2cccs2)no1)c1ccc(NC(=O)c2ccc(F)cc2)cc1. The van der Waals surface area contributed by atoms with Crippen molar-refractivity contribution in [3.05, 3.63) is 88.9 Å². The Morgan fingerprint density at radius 3 is 2.55 bits per heavy atom. The van der Waals surface area contributed by atoms with Crippen LogP contribution in [0.2, 0.25) is 0 Å². The van der Waals surface area contributed by atoms with Crippen molar-refractivity contribution in [3.63, 3.8) is 0 Å². The van der Waals surface area contributed by atoms with Crippen LogP contribution in [0.25, 0.3) is 10.7 Å². The van der Waals surface area contributed by atoms with Crippen LogP contribution in [0.1, 0.15) is 41.2 Å². The molecule has 0 saturated carbocycles. The number of anilines is 1. The monoisotopic (exact) mass is 464 g/mol. The Kier molecular flexibility index (Phi) is 6.89. The molecule has 168 valence electrons. The minimum Gasteiger partial charge on any atom is -0.350 e. The van der Waals surface area contributed by atoms with Gasteiger partial charge in [-0.2, -0.15) is 4.98 Å². The van der Waals surface area contributed by atoms with Crippen LogP contribution >= 0.6 is 11.3 Å². The van der Waals surface area contributed by atoms with Crippen molar-refractivity contribution >= 4 is 28.8 Å². The minimum atomic E-state index is -0.396. The van der Waals surface area contributed by atoms with Crippen LogP contribution in [0.3, 0.4) is 0 Å². The van der Waals surface area contributed by atoms with E-state index in [4.69, 9.17) is 4.52 Å². The number of hydrogen-bond acceptors (Lipinski definition) is 6. The number of nitrogens with zero attached hydrogens (tertiary/aromatic N) is 2. The van der Waals surface area contributed by atoms with Crippen LogP contribution in [0.5, 0.6) is 0 Å². The van der Waals surface area contributed by atoms with Crippen molar-refractivity contribution in [2.45, 2.75) is 25.8 Å². The number of thiophene rings is 1. The number of halogens is 1. The molecule has 4 rings (SSSR count). The molecule has 0 aliphatic carbocycles. The number of aryl methyl sites for hydroxylation is 1. The quantitative estimate of drug-likeness (QED) is 0.383. The average molecular weight is 465 g/mol. The Morgan fingerprint density at radius 2 is 1.85 bits per heavy atom. The second-order valence-electron chi connectivity index (χ2n) is 7.36. The molecule has 7 nitrogen and oxygen atoms in total. The van der Waals surface area contributed by atoms with E-state index in [1.165, 1.54) is 35.6 Å². The zero-order valence-electron chi connectivity index (χ0n) is 17.7. The van der Waals surface area contributed by atoms with Crippen LogP contribution in [0, 0.1) is 5.82 Å². The van der Waals surface area contributed by atoms with Gasteiger partial charge in [-0.05, 0) is 60.3 Å². The molecule has 2 N–H and O–H groups in total. The van der Waals surface area contributed by atoms with Gasteiger partial charge in [0.25, 0.3) is 5.91 Å². The molecule has 9 heteroatoms. The van der Waals surface area contributed by atoms with Crippen molar-refractivity contribution in [3.8, 4) is 10.7 Å². The van der Waals surface area contributed by atoms with Gasteiger partial charge in [0, 0.05) is 24.1 Å². The molecule has 2 aromatic carbocycles. The Morgan fingerprint density at radius 1 is 1.09 bits per heavy atom.